The predicted molar refractivity (Wildman–Crippen MR) is 79.1 cm³/mol. The largest absolute Gasteiger partial charge is 0.340 e. The van der Waals surface area contributed by atoms with Gasteiger partial charge in [0.05, 0.1) is 0 Å². The van der Waals surface area contributed by atoms with E-state index in [1.807, 2.05) is 13.8 Å². The van der Waals surface area contributed by atoms with Gasteiger partial charge in [0, 0.05) is 6.54 Å². The highest BCUT2D eigenvalue weighted by atomic mass is 16.2. The van der Waals surface area contributed by atoms with Gasteiger partial charge in [-0.05, 0) is 43.9 Å². The van der Waals surface area contributed by atoms with Crippen LogP contribution < -0.4 is 5.32 Å². The Bertz CT molecular complexity index is 426. The summed E-state index contributed by atoms with van der Waals surface area (Å²) in [5, 5.41) is 2.97. The van der Waals surface area contributed by atoms with Crippen molar-refractivity contribution < 1.29 is 9.59 Å². The quantitative estimate of drug-likeness (QED) is 0.858. The molecule has 1 aliphatic carbocycles. The molecule has 2 fully saturated rings. The first-order valence-electron chi connectivity index (χ1n) is 7.72. The summed E-state index contributed by atoms with van der Waals surface area (Å²) < 4.78 is 0. The van der Waals surface area contributed by atoms with Gasteiger partial charge in [-0.25, -0.2) is 0 Å². The zero-order chi connectivity index (χ0) is 15.3. The molecule has 1 saturated carbocycles. The van der Waals surface area contributed by atoms with E-state index >= 15 is 0 Å². The minimum atomic E-state index is -0.684. The molecule has 1 saturated heterocycles. The molecule has 0 radical (unpaired) electrons. The lowest BCUT2D eigenvalue weighted by Gasteiger charge is -2.47. The van der Waals surface area contributed by atoms with Gasteiger partial charge in [-0.2, -0.15) is 0 Å². The van der Waals surface area contributed by atoms with E-state index in [-0.39, 0.29) is 23.3 Å². The molecular weight excluding hydrogens is 252 g/mol. The Balaban J connectivity index is 2.25. The molecule has 1 N–H and O–H groups in total. The molecule has 0 spiro atoms. The molecule has 2 amide bonds. The summed E-state index contributed by atoms with van der Waals surface area (Å²) in [4.78, 5) is 26.9. The average Bonchev–Trinajstić information content (AvgIpc) is 3.16. The van der Waals surface area contributed by atoms with Gasteiger partial charge < -0.3 is 10.2 Å². The Morgan fingerprint density at radius 3 is 2.35 bits per heavy atom. The van der Waals surface area contributed by atoms with E-state index in [4.69, 9.17) is 0 Å². The zero-order valence-electron chi connectivity index (χ0n) is 13.6. The third-order valence-corrected chi connectivity index (χ3v) is 5.47. The van der Waals surface area contributed by atoms with Crippen molar-refractivity contribution in [3.05, 3.63) is 0 Å². The summed E-state index contributed by atoms with van der Waals surface area (Å²) in [7, 11) is 0. The fraction of sp³-hybridized carbons (Fsp3) is 0.875. The van der Waals surface area contributed by atoms with E-state index in [0.717, 1.165) is 12.8 Å². The number of amides is 2. The number of hydrogen-bond donors (Lipinski definition) is 1. The maximum Gasteiger partial charge on any atom is 0.249 e. The van der Waals surface area contributed by atoms with E-state index in [2.05, 4.69) is 33.0 Å². The Labute approximate surface area is 122 Å². The van der Waals surface area contributed by atoms with Crippen LogP contribution in [0.15, 0.2) is 0 Å². The molecule has 2 unspecified atom stereocenters. The average molecular weight is 280 g/mol. The molecule has 4 nitrogen and oxygen atoms in total. The Morgan fingerprint density at radius 2 is 1.90 bits per heavy atom. The lowest BCUT2D eigenvalue weighted by molar-refractivity contribution is -0.156. The van der Waals surface area contributed by atoms with Crippen molar-refractivity contribution in [1.82, 2.24) is 10.2 Å². The van der Waals surface area contributed by atoms with Gasteiger partial charge in [0.25, 0.3) is 0 Å². The molecule has 1 heterocycles. The summed E-state index contributed by atoms with van der Waals surface area (Å²) in [5.41, 5.74) is -0.678. The fourth-order valence-corrected chi connectivity index (χ4v) is 2.80. The monoisotopic (exact) mass is 280 g/mol. The third kappa shape index (κ3) is 2.45. The van der Waals surface area contributed by atoms with Crippen LogP contribution in [0.3, 0.4) is 0 Å². The first-order valence-corrected chi connectivity index (χ1v) is 7.72. The van der Waals surface area contributed by atoms with Gasteiger partial charge in [-0.3, -0.25) is 9.59 Å². The van der Waals surface area contributed by atoms with E-state index in [0.29, 0.717) is 18.4 Å². The molecular formula is C16H28N2O2. The van der Waals surface area contributed by atoms with Crippen LogP contribution in [0, 0.1) is 17.3 Å². The second-order valence-corrected chi connectivity index (χ2v) is 7.72. The maximum atomic E-state index is 12.9. The normalized spacial score (nSPS) is 31.8. The molecule has 4 heteroatoms. The number of nitrogens with zero attached hydrogens (tertiary/aromatic N) is 1. The Hall–Kier alpha value is -1.06. The molecule has 2 aliphatic rings. The van der Waals surface area contributed by atoms with Crippen LogP contribution in [0.5, 0.6) is 0 Å². The smallest absolute Gasteiger partial charge is 0.249 e. The number of rotatable bonds is 4. The van der Waals surface area contributed by atoms with Crippen molar-refractivity contribution in [1.29, 1.82) is 0 Å². The Kier molecular flexibility index (Phi) is 3.64. The third-order valence-electron chi connectivity index (χ3n) is 5.47. The second kappa shape index (κ2) is 4.74. The van der Waals surface area contributed by atoms with Gasteiger partial charge in [0.1, 0.15) is 11.6 Å². The van der Waals surface area contributed by atoms with Gasteiger partial charge >= 0.3 is 0 Å². The van der Waals surface area contributed by atoms with Crippen molar-refractivity contribution >= 4 is 11.8 Å². The summed E-state index contributed by atoms with van der Waals surface area (Å²) in [5.74, 6) is 0.857. The summed E-state index contributed by atoms with van der Waals surface area (Å²) in [6.07, 6.45) is 2.08. The molecule has 1 aliphatic heterocycles. The summed E-state index contributed by atoms with van der Waals surface area (Å²) in [6.45, 7) is 13.0. The minimum Gasteiger partial charge on any atom is -0.340 e. The van der Waals surface area contributed by atoms with E-state index in [1.165, 1.54) is 0 Å². The van der Waals surface area contributed by atoms with Crippen molar-refractivity contribution in [3.8, 4) is 0 Å². The topological polar surface area (TPSA) is 49.4 Å². The number of carbonyl (C=O) groups excluding carboxylic acids is 2. The Morgan fingerprint density at radius 1 is 1.35 bits per heavy atom. The second-order valence-electron chi connectivity index (χ2n) is 7.72. The molecule has 0 aromatic heterocycles. The molecule has 114 valence electrons. The number of piperazine rings is 1. The number of carbonyl (C=O) groups is 2. The summed E-state index contributed by atoms with van der Waals surface area (Å²) in [6, 6.07) is -0.368. The van der Waals surface area contributed by atoms with Crippen molar-refractivity contribution in [2.75, 3.05) is 6.54 Å². The van der Waals surface area contributed by atoms with Crippen LogP contribution >= 0.6 is 0 Å². The van der Waals surface area contributed by atoms with Gasteiger partial charge in [-0.1, -0.05) is 27.7 Å². The lowest BCUT2D eigenvalue weighted by Crippen LogP contribution is -2.70. The predicted octanol–water partition coefficient (Wildman–Crippen LogP) is 2.18. The number of hydrogen-bond acceptors (Lipinski definition) is 2. The van der Waals surface area contributed by atoms with Gasteiger partial charge in [0.2, 0.25) is 11.8 Å². The van der Waals surface area contributed by atoms with Crippen LogP contribution in [0.1, 0.15) is 54.4 Å². The maximum absolute atomic E-state index is 12.9. The van der Waals surface area contributed by atoms with Gasteiger partial charge in [0.15, 0.2) is 0 Å². The minimum absolute atomic E-state index is 0.00595. The molecule has 0 aromatic carbocycles. The molecule has 2 atom stereocenters. The van der Waals surface area contributed by atoms with E-state index in [1.54, 1.807) is 4.90 Å². The number of nitrogens with one attached hydrogen (secondary N) is 1. The van der Waals surface area contributed by atoms with Crippen LogP contribution in [0.2, 0.25) is 0 Å². The van der Waals surface area contributed by atoms with Crippen molar-refractivity contribution in [2.45, 2.75) is 66.0 Å². The van der Waals surface area contributed by atoms with Gasteiger partial charge in [-0.15, -0.1) is 0 Å². The standard InChI is InChI=1S/C16H28N2O2/c1-10(2)15(4,5)9-18-11(3)13(19)17-16(6,14(18)20)12-7-8-12/h10-12H,7-9H2,1-6H3,(H,17,19). The first kappa shape index (κ1) is 15.3. The summed E-state index contributed by atoms with van der Waals surface area (Å²) >= 11 is 0. The van der Waals surface area contributed by atoms with Crippen LogP contribution in [0.25, 0.3) is 0 Å². The van der Waals surface area contributed by atoms with E-state index in [9.17, 15) is 9.59 Å². The van der Waals surface area contributed by atoms with Crippen LogP contribution in [-0.4, -0.2) is 34.8 Å². The zero-order valence-corrected chi connectivity index (χ0v) is 13.6. The highest BCUT2D eigenvalue weighted by molar-refractivity contribution is 5.99. The molecule has 2 rings (SSSR count). The highest BCUT2D eigenvalue weighted by Crippen LogP contribution is 2.43. The molecule has 20 heavy (non-hydrogen) atoms. The van der Waals surface area contributed by atoms with E-state index < -0.39 is 5.54 Å². The molecule has 0 bridgehead atoms. The molecule has 0 aromatic rings. The SMILES string of the molecule is CC1C(=O)NC(C)(C2CC2)C(=O)N1CC(C)(C)C(C)C. The van der Waals surface area contributed by atoms with Crippen LogP contribution in [-0.2, 0) is 9.59 Å². The van der Waals surface area contributed by atoms with Crippen molar-refractivity contribution in [2.24, 2.45) is 17.3 Å². The van der Waals surface area contributed by atoms with Crippen molar-refractivity contribution in [3.63, 3.8) is 0 Å². The lowest BCUT2D eigenvalue weighted by atomic mass is 9.79. The highest BCUT2D eigenvalue weighted by Gasteiger charge is 2.55. The first-order chi connectivity index (χ1) is 9.09. The van der Waals surface area contributed by atoms with Crippen LogP contribution in [0.4, 0.5) is 0 Å². The fourth-order valence-electron chi connectivity index (χ4n) is 2.80.